The topological polar surface area (TPSA) is 69.7 Å². The largest absolute Gasteiger partial charge is 0.442 e. The minimum absolute atomic E-state index is 0.125. The maximum absolute atomic E-state index is 12.4. The number of rotatable bonds is 7. The maximum Gasteiger partial charge on any atom is 0.359 e. The summed E-state index contributed by atoms with van der Waals surface area (Å²) < 4.78 is 10.2. The molecule has 0 aromatic heterocycles. The van der Waals surface area contributed by atoms with Crippen LogP contribution < -0.4 is 0 Å². The van der Waals surface area contributed by atoms with Crippen molar-refractivity contribution in [3.05, 3.63) is 70.7 Å². The summed E-state index contributed by atoms with van der Waals surface area (Å²) in [5.74, 6) is -2.35. The molecule has 2 aromatic rings. The fourth-order valence-corrected chi connectivity index (χ4v) is 2.43. The lowest BCUT2D eigenvalue weighted by Crippen LogP contribution is -2.24. The molecule has 2 aromatic carbocycles. The second kappa shape index (κ2) is 9.73. The first-order valence-corrected chi connectivity index (χ1v) is 8.65. The van der Waals surface area contributed by atoms with Gasteiger partial charge in [0.1, 0.15) is 0 Å². The zero-order chi connectivity index (χ0) is 18.9. The summed E-state index contributed by atoms with van der Waals surface area (Å²) in [5, 5.41) is 0.205. The highest BCUT2D eigenvalue weighted by atomic mass is 35.5. The Morgan fingerprint density at radius 3 is 2.31 bits per heavy atom. The molecular weight excluding hydrogens is 356 g/mol. The van der Waals surface area contributed by atoms with Crippen LogP contribution in [0.1, 0.15) is 48.2 Å². The van der Waals surface area contributed by atoms with E-state index >= 15 is 0 Å². The van der Waals surface area contributed by atoms with Crippen LogP contribution in [0.4, 0.5) is 0 Å². The van der Waals surface area contributed by atoms with Gasteiger partial charge < -0.3 is 9.47 Å². The summed E-state index contributed by atoms with van der Waals surface area (Å²) in [6.45, 7) is 1.92. The summed E-state index contributed by atoms with van der Waals surface area (Å²) in [5.41, 5.74) is 0.529. The molecular formula is C20H19ClO5. The van der Waals surface area contributed by atoms with Crippen LogP contribution in [0.25, 0.3) is 0 Å². The van der Waals surface area contributed by atoms with E-state index in [1.54, 1.807) is 48.5 Å². The van der Waals surface area contributed by atoms with Crippen molar-refractivity contribution in [2.75, 3.05) is 0 Å². The highest BCUT2D eigenvalue weighted by molar-refractivity contribution is 6.33. The molecule has 0 radical (unpaired) electrons. The van der Waals surface area contributed by atoms with Crippen molar-refractivity contribution in [3.8, 4) is 0 Å². The van der Waals surface area contributed by atoms with Crippen LogP contribution in [-0.4, -0.2) is 17.9 Å². The van der Waals surface area contributed by atoms with Crippen LogP contribution in [0.15, 0.2) is 54.6 Å². The van der Waals surface area contributed by atoms with Gasteiger partial charge in [0.2, 0.25) is 6.10 Å². The number of benzene rings is 2. The predicted octanol–water partition coefficient (Wildman–Crippen LogP) is 4.50. The molecule has 0 saturated heterocycles. The fraction of sp³-hybridized carbons (Fsp3) is 0.250. The third-order valence-electron chi connectivity index (χ3n) is 3.58. The molecule has 1 unspecified atom stereocenters. The Morgan fingerprint density at radius 1 is 1.00 bits per heavy atom. The normalized spacial score (nSPS) is 11.5. The van der Waals surface area contributed by atoms with Crippen LogP contribution in [0.5, 0.6) is 0 Å². The summed E-state index contributed by atoms with van der Waals surface area (Å²) in [7, 11) is 0. The number of hydrogen-bond donors (Lipinski definition) is 0. The molecule has 0 heterocycles. The second-order valence-electron chi connectivity index (χ2n) is 5.57. The van der Waals surface area contributed by atoms with Crippen molar-refractivity contribution in [1.82, 2.24) is 0 Å². The Labute approximate surface area is 156 Å². The van der Waals surface area contributed by atoms with Crippen molar-refractivity contribution >= 4 is 29.5 Å². The Bertz CT molecular complexity index is 773. The third-order valence-corrected chi connectivity index (χ3v) is 3.91. The van der Waals surface area contributed by atoms with E-state index < -0.39 is 24.0 Å². The van der Waals surface area contributed by atoms with Crippen LogP contribution >= 0.6 is 11.6 Å². The molecule has 0 aliphatic carbocycles. The number of carbonyl (C=O) groups is 3. The van der Waals surface area contributed by atoms with Gasteiger partial charge in [0.05, 0.1) is 10.6 Å². The molecule has 0 fully saturated rings. The molecule has 1 atom stereocenters. The Hall–Kier alpha value is -2.66. The second-order valence-corrected chi connectivity index (χ2v) is 5.98. The average Bonchev–Trinajstić information content (AvgIpc) is 2.65. The van der Waals surface area contributed by atoms with E-state index in [9.17, 15) is 14.4 Å². The summed E-state index contributed by atoms with van der Waals surface area (Å²) >= 11 is 6.00. The van der Waals surface area contributed by atoms with Crippen molar-refractivity contribution < 1.29 is 23.9 Å². The summed E-state index contributed by atoms with van der Waals surface area (Å²) in [6, 6.07) is 14.7. The molecule has 2 rings (SSSR count). The van der Waals surface area contributed by atoms with E-state index in [2.05, 4.69) is 0 Å². The van der Waals surface area contributed by atoms with Gasteiger partial charge in [-0.25, -0.2) is 9.59 Å². The summed E-state index contributed by atoms with van der Waals surface area (Å²) in [6.07, 6.45) is 0.182. The lowest BCUT2D eigenvalue weighted by molar-refractivity contribution is -0.166. The average molecular weight is 375 g/mol. The molecule has 0 spiro atoms. The van der Waals surface area contributed by atoms with Gasteiger partial charge in [-0.2, -0.15) is 0 Å². The third kappa shape index (κ3) is 5.43. The predicted molar refractivity (Wildman–Crippen MR) is 96.7 cm³/mol. The van der Waals surface area contributed by atoms with Gasteiger partial charge in [-0.15, -0.1) is 0 Å². The monoisotopic (exact) mass is 374 g/mol. The van der Waals surface area contributed by atoms with E-state index in [1.807, 2.05) is 6.92 Å². The first kappa shape index (κ1) is 19.7. The number of esters is 3. The Morgan fingerprint density at radius 2 is 1.65 bits per heavy atom. The molecule has 6 heteroatoms. The smallest absolute Gasteiger partial charge is 0.359 e. The lowest BCUT2D eigenvalue weighted by atomic mass is 10.1. The number of unbranched alkanes of at least 4 members (excludes halogenated alkanes) is 1. The quantitative estimate of drug-likeness (QED) is 0.527. The van der Waals surface area contributed by atoms with E-state index in [0.29, 0.717) is 12.0 Å². The van der Waals surface area contributed by atoms with Gasteiger partial charge in [0, 0.05) is 12.0 Å². The van der Waals surface area contributed by atoms with Gasteiger partial charge in [-0.1, -0.05) is 67.4 Å². The van der Waals surface area contributed by atoms with Crippen LogP contribution in [0.2, 0.25) is 5.02 Å². The summed E-state index contributed by atoms with van der Waals surface area (Å²) in [4.78, 5) is 36.6. The maximum atomic E-state index is 12.4. The van der Waals surface area contributed by atoms with E-state index in [-0.39, 0.29) is 17.0 Å². The molecule has 0 amide bonds. The first-order chi connectivity index (χ1) is 12.5. The van der Waals surface area contributed by atoms with Crippen molar-refractivity contribution in [1.29, 1.82) is 0 Å². The number of halogens is 1. The van der Waals surface area contributed by atoms with E-state index in [0.717, 1.165) is 6.42 Å². The minimum Gasteiger partial charge on any atom is -0.442 e. The highest BCUT2D eigenvalue weighted by Gasteiger charge is 2.29. The van der Waals surface area contributed by atoms with Gasteiger partial charge in [0.15, 0.2) is 0 Å². The fourth-order valence-electron chi connectivity index (χ4n) is 2.22. The van der Waals surface area contributed by atoms with Gasteiger partial charge in [-0.05, 0) is 18.6 Å². The lowest BCUT2D eigenvalue weighted by Gasteiger charge is -2.17. The SMILES string of the molecule is CCCCC(=O)OC(=O)C(OC(=O)c1ccccc1Cl)c1ccccc1. The molecule has 0 aliphatic rings. The Kier molecular flexibility index (Phi) is 7.36. The van der Waals surface area contributed by atoms with Gasteiger partial charge >= 0.3 is 17.9 Å². The van der Waals surface area contributed by atoms with Crippen molar-refractivity contribution in [2.45, 2.75) is 32.3 Å². The zero-order valence-corrected chi connectivity index (χ0v) is 15.1. The molecule has 26 heavy (non-hydrogen) atoms. The van der Waals surface area contributed by atoms with Gasteiger partial charge in [0.25, 0.3) is 0 Å². The minimum atomic E-state index is -1.36. The highest BCUT2D eigenvalue weighted by Crippen LogP contribution is 2.24. The van der Waals surface area contributed by atoms with Crippen LogP contribution in [0, 0.1) is 0 Å². The molecule has 0 saturated carbocycles. The standard InChI is InChI=1S/C20H19ClO5/c1-2-3-13-17(22)25-20(24)18(14-9-5-4-6-10-14)26-19(23)15-11-7-8-12-16(15)21/h4-12,18H,2-3,13H2,1H3. The number of carbonyl (C=O) groups excluding carboxylic acids is 3. The van der Waals surface area contributed by atoms with Gasteiger partial charge in [-0.3, -0.25) is 4.79 Å². The first-order valence-electron chi connectivity index (χ1n) is 8.28. The Balaban J connectivity index is 2.19. The van der Waals surface area contributed by atoms with Crippen molar-refractivity contribution in [2.24, 2.45) is 0 Å². The van der Waals surface area contributed by atoms with Crippen LogP contribution in [0.3, 0.4) is 0 Å². The van der Waals surface area contributed by atoms with Crippen LogP contribution in [-0.2, 0) is 19.1 Å². The molecule has 5 nitrogen and oxygen atoms in total. The number of ether oxygens (including phenoxy) is 2. The molecule has 0 bridgehead atoms. The molecule has 0 aliphatic heterocycles. The molecule has 136 valence electrons. The molecule has 0 N–H and O–H groups in total. The zero-order valence-electron chi connectivity index (χ0n) is 14.3. The van der Waals surface area contributed by atoms with E-state index in [1.165, 1.54) is 6.07 Å². The van der Waals surface area contributed by atoms with E-state index in [4.69, 9.17) is 21.1 Å². The number of hydrogen-bond acceptors (Lipinski definition) is 5. The van der Waals surface area contributed by atoms with Crippen molar-refractivity contribution in [3.63, 3.8) is 0 Å².